The van der Waals surface area contributed by atoms with Gasteiger partial charge in [0.2, 0.25) is 3.84 Å². The fraction of sp³-hybridized carbons (Fsp3) is 0.600. The van der Waals surface area contributed by atoms with Gasteiger partial charge in [-0.05, 0) is 12.1 Å². The minimum atomic E-state index is -0.787. The lowest BCUT2D eigenvalue weighted by atomic mass is 10.9. The van der Waals surface area contributed by atoms with Crippen LogP contribution in [0.1, 0.15) is 6.92 Å². The number of amidine groups is 1. The molecule has 0 saturated heterocycles. The molecule has 0 saturated carbocycles. The Labute approximate surface area is 98.1 Å². The molecule has 0 aliphatic rings. The molecule has 0 atom stereocenters. The summed E-state index contributed by atoms with van der Waals surface area (Å²) in [6.07, 6.45) is -0.787. The number of rotatable bonds is 2. The van der Waals surface area contributed by atoms with Crippen LogP contribution in [0.3, 0.4) is 0 Å². The van der Waals surface area contributed by atoms with Crippen LogP contribution in [-0.2, 0) is 9.57 Å². The molecule has 0 amide bonds. The Morgan fingerprint density at radius 2 is 2.25 bits per heavy atom. The van der Waals surface area contributed by atoms with Crippen LogP contribution in [0.5, 0.6) is 0 Å². The predicted octanol–water partition coefficient (Wildman–Crippen LogP) is 2.15. The van der Waals surface area contributed by atoms with E-state index < -0.39 is 6.16 Å². The number of hydrogen-bond donors (Lipinski definition) is 0. The zero-order valence-corrected chi connectivity index (χ0v) is 10.9. The Morgan fingerprint density at radius 1 is 1.67 bits per heavy atom. The van der Waals surface area contributed by atoms with E-state index in [1.807, 2.05) is 45.5 Å². The van der Waals surface area contributed by atoms with Crippen LogP contribution >= 0.6 is 45.5 Å². The predicted molar refractivity (Wildman–Crippen MR) is 61.3 cm³/mol. The lowest BCUT2D eigenvalue weighted by molar-refractivity contribution is 0.0612. The highest BCUT2D eigenvalue weighted by Crippen LogP contribution is 2.03. The zero-order chi connectivity index (χ0) is 9.56. The third kappa shape index (κ3) is 5.80. The molecule has 70 valence electrons. The molecule has 0 aromatic rings. The highest BCUT2D eigenvalue weighted by Gasteiger charge is 2.03. The summed E-state index contributed by atoms with van der Waals surface area (Å²) in [6.45, 7) is 1.98. The minimum absolute atomic E-state index is 0.283. The second-order valence-corrected chi connectivity index (χ2v) is 4.02. The van der Waals surface area contributed by atoms with Gasteiger partial charge in [-0.1, -0.05) is 0 Å². The number of carbonyl (C=O) groups is 1. The number of nitrogens with zero attached hydrogens (tertiary/aromatic N) is 2. The van der Waals surface area contributed by atoms with Gasteiger partial charge in [-0.2, -0.15) is 0 Å². The van der Waals surface area contributed by atoms with E-state index in [9.17, 15) is 4.79 Å². The van der Waals surface area contributed by atoms with Crippen molar-refractivity contribution in [2.24, 2.45) is 5.16 Å². The van der Waals surface area contributed by atoms with Gasteiger partial charge in [0.25, 0.3) is 0 Å². The van der Waals surface area contributed by atoms with Gasteiger partial charge in [-0.15, -0.1) is 0 Å². The van der Waals surface area contributed by atoms with Gasteiger partial charge in [0.15, 0.2) is 0 Å². The van der Waals surface area contributed by atoms with Gasteiger partial charge in [0.05, 0.1) is 29.5 Å². The van der Waals surface area contributed by atoms with Gasteiger partial charge in [-0.25, -0.2) is 4.79 Å². The first-order valence-electron chi connectivity index (χ1n) is 3.04. The second kappa shape index (κ2) is 6.69. The Hall–Kier alpha value is 0.200. The summed E-state index contributed by atoms with van der Waals surface area (Å²) in [4.78, 5) is 15.0. The highest BCUT2D eigenvalue weighted by molar-refractivity contribution is 14.1. The molecule has 0 unspecified atom stereocenters. The fourth-order valence-corrected chi connectivity index (χ4v) is 0.462. The summed E-state index contributed by atoms with van der Waals surface area (Å²) in [7, 11) is 1.78. The lowest BCUT2D eigenvalue weighted by Crippen LogP contribution is -2.11. The van der Waals surface area contributed by atoms with Crippen molar-refractivity contribution in [1.29, 1.82) is 0 Å². The van der Waals surface area contributed by atoms with Crippen molar-refractivity contribution in [2.45, 2.75) is 6.92 Å². The van der Waals surface area contributed by atoms with Crippen molar-refractivity contribution >= 4 is 55.5 Å². The van der Waals surface area contributed by atoms with Crippen LogP contribution in [0, 0.1) is 0 Å². The topological polar surface area (TPSA) is 51.1 Å². The summed E-state index contributed by atoms with van der Waals surface area (Å²) in [5.41, 5.74) is 0. The van der Waals surface area contributed by atoms with E-state index in [4.69, 9.17) is 0 Å². The Bertz CT molecular complexity index is 184. The van der Waals surface area contributed by atoms with Crippen molar-refractivity contribution in [3.05, 3.63) is 0 Å². The van der Waals surface area contributed by atoms with Crippen molar-refractivity contribution in [3.8, 4) is 0 Å². The van der Waals surface area contributed by atoms with Gasteiger partial charge in [-0.3, -0.25) is 7.95 Å². The standard InChI is InChI=1S/C5H8I2N2O3/c1-3-11-5(10)12-8-4(6)9(2)7/h3H2,1-2H3/b8-4-. The molecule has 0 N–H and O–H groups in total. The lowest BCUT2D eigenvalue weighted by Gasteiger charge is -2.04. The van der Waals surface area contributed by atoms with E-state index >= 15 is 0 Å². The van der Waals surface area contributed by atoms with E-state index in [1.165, 1.54) is 0 Å². The molecular weight excluding hydrogens is 390 g/mol. The van der Waals surface area contributed by atoms with E-state index in [1.54, 1.807) is 17.1 Å². The zero-order valence-electron chi connectivity index (χ0n) is 6.58. The van der Waals surface area contributed by atoms with Gasteiger partial charge >= 0.3 is 6.16 Å². The molecule has 0 rings (SSSR count). The Kier molecular flexibility index (Phi) is 6.80. The normalized spacial score (nSPS) is 10.8. The number of hydrogen-bond acceptors (Lipinski definition) is 4. The fourth-order valence-electron chi connectivity index (χ4n) is 0.275. The van der Waals surface area contributed by atoms with E-state index in [0.717, 1.165) is 0 Å². The summed E-state index contributed by atoms with van der Waals surface area (Å²) in [6, 6.07) is 0. The smallest absolute Gasteiger partial charge is 0.433 e. The first-order valence-corrected chi connectivity index (χ1v) is 5.09. The summed E-state index contributed by atoms with van der Waals surface area (Å²) < 4.78 is 6.71. The maximum atomic E-state index is 10.6. The van der Waals surface area contributed by atoms with E-state index in [-0.39, 0.29) is 6.61 Å². The molecule has 0 aromatic carbocycles. The van der Waals surface area contributed by atoms with Gasteiger partial charge < -0.3 is 4.74 Å². The van der Waals surface area contributed by atoms with Crippen LogP contribution in [0.25, 0.3) is 0 Å². The number of carbonyl (C=O) groups excluding carboxylic acids is 1. The van der Waals surface area contributed by atoms with Crippen LogP contribution in [0.15, 0.2) is 5.16 Å². The van der Waals surface area contributed by atoms with Crippen LogP contribution in [-0.4, -0.2) is 26.8 Å². The largest absolute Gasteiger partial charge is 0.535 e. The summed E-state index contributed by atoms with van der Waals surface area (Å²) in [5.74, 6) is 0. The van der Waals surface area contributed by atoms with Gasteiger partial charge in [0, 0.05) is 29.6 Å². The van der Waals surface area contributed by atoms with Gasteiger partial charge in [0.1, 0.15) is 0 Å². The molecule has 0 spiro atoms. The number of halogens is 2. The molecular formula is C5H8I2N2O3. The van der Waals surface area contributed by atoms with Crippen LogP contribution in [0.2, 0.25) is 0 Å². The first kappa shape index (κ1) is 12.2. The molecule has 0 aliphatic heterocycles. The van der Waals surface area contributed by atoms with Crippen molar-refractivity contribution < 1.29 is 14.4 Å². The molecule has 7 heteroatoms. The molecule has 0 aliphatic carbocycles. The van der Waals surface area contributed by atoms with E-state index in [2.05, 4.69) is 14.7 Å². The molecule has 0 radical (unpaired) electrons. The van der Waals surface area contributed by atoms with E-state index in [0.29, 0.717) is 3.84 Å². The first-order chi connectivity index (χ1) is 5.57. The van der Waals surface area contributed by atoms with Crippen molar-refractivity contribution in [3.63, 3.8) is 0 Å². The monoisotopic (exact) mass is 398 g/mol. The Balaban J connectivity index is 3.79. The average molecular weight is 398 g/mol. The summed E-state index contributed by atoms with van der Waals surface area (Å²) in [5, 5.41) is 3.49. The highest BCUT2D eigenvalue weighted by atomic mass is 127. The molecule has 0 heterocycles. The molecule has 0 fully saturated rings. The van der Waals surface area contributed by atoms with Crippen LogP contribution in [0.4, 0.5) is 4.79 Å². The molecule has 0 bridgehead atoms. The maximum absolute atomic E-state index is 10.6. The quantitative estimate of drug-likeness (QED) is 0.105. The number of ether oxygens (including phenoxy) is 1. The van der Waals surface area contributed by atoms with Crippen LogP contribution < -0.4 is 0 Å². The third-order valence-electron chi connectivity index (χ3n) is 0.712. The molecule has 12 heavy (non-hydrogen) atoms. The average Bonchev–Trinajstić information content (AvgIpc) is 2.00. The molecule has 0 aromatic heterocycles. The Morgan fingerprint density at radius 3 is 2.67 bits per heavy atom. The second-order valence-electron chi connectivity index (χ2n) is 1.61. The molecule has 5 nitrogen and oxygen atoms in total. The maximum Gasteiger partial charge on any atom is 0.535 e. The number of oxime groups is 1. The minimum Gasteiger partial charge on any atom is -0.433 e. The third-order valence-corrected chi connectivity index (χ3v) is 3.01. The SMILES string of the molecule is CCOC(=O)O/N=C(/I)N(C)I. The van der Waals surface area contributed by atoms with Crippen molar-refractivity contribution in [1.82, 2.24) is 3.11 Å². The van der Waals surface area contributed by atoms with Crippen molar-refractivity contribution in [2.75, 3.05) is 13.7 Å². The summed E-state index contributed by atoms with van der Waals surface area (Å²) >= 11 is 3.93.